The van der Waals surface area contributed by atoms with Crippen molar-refractivity contribution in [2.24, 2.45) is 5.92 Å². The quantitative estimate of drug-likeness (QED) is 0.428. The molecule has 11 heteroatoms. The Balaban J connectivity index is 1.62. The number of rotatable bonds is 10. The highest BCUT2D eigenvalue weighted by Gasteiger charge is 2.39. The van der Waals surface area contributed by atoms with Gasteiger partial charge in [0.1, 0.15) is 12.1 Å². The zero-order valence-corrected chi connectivity index (χ0v) is 20.1. The molecule has 8 nitrogen and oxygen atoms in total. The number of benzene rings is 1. The molecule has 2 aromatic rings. The van der Waals surface area contributed by atoms with Gasteiger partial charge in [-0.1, -0.05) is 30.3 Å². The number of ketones is 1. The number of hydrogen-bond donors (Lipinski definition) is 3. The molecule has 0 saturated heterocycles. The molecule has 1 fully saturated rings. The molecular formula is C24H28F2N4O4S. The van der Waals surface area contributed by atoms with Crippen molar-refractivity contribution in [2.75, 3.05) is 0 Å². The lowest BCUT2D eigenvalue weighted by Crippen LogP contribution is -2.54. The molecule has 0 radical (unpaired) electrons. The lowest BCUT2D eigenvalue weighted by molar-refractivity contribution is -0.140. The third kappa shape index (κ3) is 7.91. The van der Waals surface area contributed by atoms with E-state index in [-0.39, 0.29) is 25.8 Å². The normalized spacial score (nSPS) is 18.7. The first-order valence-electron chi connectivity index (χ1n) is 11.4. The largest absolute Gasteiger partial charge is 0.344 e. The summed E-state index contributed by atoms with van der Waals surface area (Å²) in [6.45, 7) is 1.47. The topological polar surface area (TPSA) is 117 Å². The van der Waals surface area contributed by atoms with Gasteiger partial charge in [0, 0.05) is 30.6 Å². The first-order valence-corrected chi connectivity index (χ1v) is 12.3. The van der Waals surface area contributed by atoms with Crippen LogP contribution in [0.5, 0.6) is 0 Å². The summed E-state index contributed by atoms with van der Waals surface area (Å²) < 4.78 is 27.3. The fourth-order valence-electron chi connectivity index (χ4n) is 3.89. The lowest BCUT2D eigenvalue weighted by atomic mass is 9.86. The number of nitrogens with zero attached hydrogens (tertiary/aromatic N) is 1. The number of hydrogen-bond acceptors (Lipinski definition) is 6. The highest BCUT2D eigenvalue weighted by atomic mass is 32.1. The van der Waals surface area contributed by atoms with Gasteiger partial charge in [-0.05, 0) is 25.3 Å². The molecule has 1 aliphatic rings. The van der Waals surface area contributed by atoms with Crippen LogP contribution in [-0.4, -0.2) is 46.5 Å². The van der Waals surface area contributed by atoms with Crippen LogP contribution in [0, 0.1) is 5.92 Å². The van der Waals surface area contributed by atoms with E-state index in [0.29, 0.717) is 12.1 Å². The van der Waals surface area contributed by atoms with Crippen LogP contribution in [0.1, 0.15) is 43.9 Å². The Bertz CT molecular complexity index is 1030. The van der Waals surface area contributed by atoms with Gasteiger partial charge in [0.25, 0.3) is 5.91 Å². The predicted octanol–water partition coefficient (Wildman–Crippen LogP) is 2.39. The lowest BCUT2D eigenvalue weighted by Gasteiger charge is -2.29. The van der Waals surface area contributed by atoms with Crippen LogP contribution >= 0.6 is 11.3 Å². The van der Waals surface area contributed by atoms with Crippen molar-refractivity contribution >= 4 is 34.8 Å². The third-order valence-electron chi connectivity index (χ3n) is 5.82. The second-order valence-electron chi connectivity index (χ2n) is 8.66. The van der Waals surface area contributed by atoms with Crippen LogP contribution in [0.25, 0.3) is 0 Å². The third-order valence-corrected chi connectivity index (χ3v) is 6.45. The number of aromatic nitrogens is 1. The average Bonchev–Trinajstić information content (AvgIpc) is 3.35. The van der Waals surface area contributed by atoms with E-state index in [0.717, 1.165) is 5.56 Å². The molecule has 3 N–H and O–H groups in total. The maximum absolute atomic E-state index is 13.7. The Morgan fingerprint density at radius 3 is 2.57 bits per heavy atom. The maximum atomic E-state index is 13.7. The molecule has 1 aromatic heterocycles. The van der Waals surface area contributed by atoms with E-state index in [1.165, 1.54) is 18.3 Å². The number of amides is 3. The number of nitrogens with one attached hydrogen (secondary N) is 3. The summed E-state index contributed by atoms with van der Waals surface area (Å²) in [6.07, 6.45) is -0.188. The molecule has 0 aliphatic heterocycles. The van der Waals surface area contributed by atoms with E-state index in [9.17, 15) is 28.0 Å². The number of carbonyl (C=O) groups is 4. The second-order valence-corrected chi connectivity index (χ2v) is 9.38. The molecule has 0 bridgehead atoms. The molecule has 1 heterocycles. The minimum atomic E-state index is -2.90. The van der Waals surface area contributed by atoms with Crippen molar-refractivity contribution in [2.45, 2.75) is 63.6 Å². The first-order chi connectivity index (χ1) is 16.6. The van der Waals surface area contributed by atoms with Crippen molar-refractivity contribution < 1.29 is 28.0 Å². The zero-order chi connectivity index (χ0) is 25.4. The number of thiazole rings is 1. The highest BCUT2D eigenvalue weighted by molar-refractivity contribution is 7.07. The van der Waals surface area contributed by atoms with Gasteiger partial charge in [0.15, 0.2) is 0 Å². The average molecular weight is 507 g/mol. The summed E-state index contributed by atoms with van der Waals surface area (Å²) in [5.41, 5.74) is 2.93. The molecule has 0 spiro atoms. The monoisotopic (exact) mass is 506 g/mol. The van der Waals surface area contributed by atoms with Gasteiger partial charge in [-0.2, -0.15) is 0 Å². The van der Waals surface area contributed by atoms with Gasteiger partial charge in [-0.15, -0.1) is 11.3 Å². The molecule has 188 valence electrons. The minimum Gasteiger partial charge on any atom is -0.344 e. The Morgan fingerprint density at radius 1 is 1.17 bits per heavy atom. The smallest absolute Gasteiger partial charge is 0.289 e. The molecule has 1 saturated carbocycles. The molecule has 1 aromatic carbocycles. The van der Waals surface area contributed by atoms with Gasteiger partial charge < -0.3 is 16.0 Å². The van der Waals surface area contributed by atoms with Crippen molar-refractivity contribution in [3.05, 3.63) is 52.5 Å². The number of halogens is 2. The highest BCUT2D eigenvalue weighted by Crippen LogP contribution is 2.36. The summed E-state index contributed by atoms with van der Waals surface area (Å²) >= 11 is 1.35. The van der Waals surface area contributed by atoms with Gasteiger partial charge in [0.2, 0.25) is 23.5 Å². The van der Waals surface area contributed by atoms with Crippen molar-refractivity contribution in [3.63, 3.8) is 0 Å². The van der Waals surface area contributed by atoms with E-state index in [1.54, 1.807) is 41.2 Å². The summed E-state index contributed by atoms with van der Waals surface area (Å²) in [4.78, 5) is 54.7. The van der Waals surface area contributed by atoms with Crippen LogP contribution in [0.4, 0.5) is 8.78 Å². The van der Waals surface area contributed by atoms with Crippen LogP contribution in [-0.2, 0) is 32.1 Å². The Labute approximate surface area is 205 Å². The summed E-state index contributed by atoms with van der Waals surface area (Å²) in [5.74, 6) is -6.82. The van der Waals surface area contributed by atoms with Gasteiger partial charge in [-0.25, -0.2) is 13.8 Å². The molecule has 1 unspecified atom stereocenters. The number of Topliss-reactive ketones (excluding diaryl/α,β-unsaturated/α-hetero) is 1. The predicted molar refractivity (Wildman–Crippen MR) is 126 cm³/mol. The van der Waals surface area contributed by atoms with Crippen molar-refractivity contribution in [1.82, 2.24) is 20.9 Å². The molecule has 1 aliphatic carbocycles. The SMILES string of the molecule is C[C@@H](NC(=O)C1CCCC(F)(F)C1)C(=O)N[C@H](Cc1ccccc1)C(=O)C(=O)NCc1cscn1. The van der Waals surface area contributed by atoms with E-state index in [4.69, 9.17) is 0 Å². The van der Waals surface area contributed by atoms with Crippen LogP contribution in [0.15, 0.2) is 41.2 Å². The molecule has 3 amide bonds. The van der Waals surface area contributed by atoms with Gasteiger partial charge in [0.05, 0.1) is 17.7 Å². The van der Waals surface area contributed by atoms with Crippen LogP contribution in [0.3, 0.4) is 0 Å². The van der Waals surface area contributed by atoms with E-state index in [1.807, 2.05) is 0 Å². The minimum absolute atomic E-state index is 0.0606. The van der Waals surface area contributed by atoms with Crippen LogP contribution < -0.4 is 16.0 Å². The molecule has 35 heavy (non-hydrogen) atoms. The summed E-state index contributed by atoms with van der Waals surface area (Å²) in [6, 6.07) is 6.59. The van der Waals surface area contributed by atoms with Gasteiger partial charge >= 0.3 is 0 Å². The van der Waals surface area contributed by atoms with Crippen LogP contribution in [0.2, 0.25) is 0 Å². The second kappa shape index (κ2) is 12.0. The summed E-state index contributed by atoms with van der Waals surface area (Å²) in [7, 11) is 0. The van der Waals surface area contributed by atoms with E-state index in [2.05, 4.69) is 20.9 Å². The fraction of sp³-hybridized carbons (Fsp3) is 0.458. The number of carbonyl (C=O) groups excluding carboxylic acids is 4. The molecule has 3 rings (SSSR count). The van der Waals surface area contributed by atoms with E-state index < -0.39 is 53.8 Å². The summed E-state index contributed by atoms with van der Waals surface area (Å²) in [5, 5.41) is 9.24. The van der Waals surface area contributed by atoms with Crippen molar-refractivity contribution in [3.8, 4) is 0 Å². The zero-order valence-electron chi connectivity index (χ0n) is 19.3. The fourth-order valence-corrected chi connectivity index (χ4v) is 4.45. The molecule has 3 atom stereocenters. The maximum Gasteiger partial charge on any atom is 0.289 e. The Morgan fingerprint density at radius 2 is 1.91 bits per heavy atom. The Hall–Kier alpha value is -3.21. The van der Waals surface area contributed by atoms with Crippen molar-refractivity contribution in [1.29, 1.82) is 0 Å². The Kier molecular flexibility index (Phi) is 9.02. The first kappa shape index (κ1) is 26.4. The number of alkyl halides is 2. The molecular weight excluding hydrogens is 478 g/mol. The standard InChI is InChI=1S/C24H28F2N4O4S/c1-15(29-22(33)17-8-5-9-24(25,26)11-17)21(32)30-19(10-16-6-3-2-4-7-16)20(31)23(34)27-12-18-13-35-14-28-18/h2-4,6-7,13-15,17,19H,5,8-12H2,1H3,(H,27,34)(H,29,33)(H,30,32)/t15-,17?,19-/m1/s1. The van der Waals surface area contributed by atoms with Gasteiger partial charge in [-0.3, -0.25) is 19.2 Å². The van der Waals surface area contributed by atoms with E-state index >= 15 is 0 Å².